The van der Waals surface area contributed by atoms with Gasteiger partial charge >= 0.3 is 0 Å². The molecule has 0 bridgehead atoms. The number of carbonyl (C=O) groups is 1. The minimum atomic E-state index is -0.816. The standard InChI is InChI=1S/C15H19N3O4/c1-2-21-13(12-8-20-9-22-12)15(19)18-7-10-3-5-11(6-4-10)14(16)17/h3-6,8,13H,2,7,9H2,1H3,(H3,16,17)(H,18,19). The second kappa shape index (κ2) is 7.46. The number of amides is 1. The number of hydrogen-bond acceptors (Lipinski definition) is 5. The molecular weight excluding hydrogens is 286 g/mol. The van der Waals surface area contributed by atoms with E-state index < -0.39 is 6.10 Å². The maximum atomic E-state index is 12.2. The number of nitrogen functional groups attached to an aromatic ring is 1. The lowest BCUT2D eigenvalue weighted by molar-refractivity contribution is -0.132. The fourth-order valence-corrected chi connectivity index (χ4v) is 1.93. The van der Waals surface area contributed by atoms with Crippen LogP contribution in [0.5, 0.6) is 0 Å². The lowest BCUT2D eigenvalue weighted by Crippen LogP contribution is -2.37. The van der Waals surface area contributed by atoms with Gasteiger partial charge in [0.15, 0.2) is 11.9 Å². The molecule has 1 aromatic carbocycles. The van der Waals surface area contributed by atoms with Gasteiger partial charge < -0.3 is 25.3 Å². The predicted octanol–water partition coefficient (Wildman–Crippen LogP) is 0.838. The molecule has 0 fully saturated rings. The zero-order valence-electron chi connectivity index (χ0n) is 12.3. The number of nitrogens with one attached hydrogen (secondary N) is 2. The highest BCUT2D eigenvalue weighted by molar-refractivity contribution is 5.94. The van der Waals surface area contributed by atoms with Gasteiger partial charge in [-0.1, -0.05) is 24.3 Å². The van der Waals surface area contributed by atoms with Crippen LogP contribution in [0.2, 0.25) is 0 Å². The van der Waals surface area contributed by atoms with E-state index in [0.717, 1.165) is 5.56 Å². The highest BCUT2D eigenvalue weighted by atomic mass is 16.7. The Balaban J connectivity index is 1.93. The van der Waals surface area contributed by atoms with Crippen molar-refractivity contribution in [2.75, 3.05) is 13.4 Å². The van der Waals surface area contributed by atoms with E-state index in [0.29, 0.717) is 24.5 Å². The van der Waals surface area contributed by atoms with Crippen molar-refractivity contribution in [1.82, 2.24) is 5.32 Å². The Labute approximate surface area is 128 Å². The van der Waals surface area contributed by atoms with Crippen LogP contribution in [0, 0.1) is 5.41 Å². The molecule has 1 aliphatic heterocycles. The maximum Gasteiger partial charge on any atom is 0.257 e. The zero-order valence-corrected chi connectivity index (χ0v) is 12.3. The number of carbonyl (C=O) groups excluding carboxylic acids is 1. The molecule has 7 heteroatoms. The van der Waals surface area contributed by atoms with Crippen LogP contribution in [-0.4, -0.2) is 31.2 Å². The lowest BCUT2D eigenvalue weighted by atomic mass is 10.1. The van der Waals surface area contributed by atoms with Crippen LogP contribution in [-0.2, 0) is 25.5 Å². The SMILES string of the molecule is CCOC(C(=O)NCc1ccc(C(=N)N)cc1)C1=COCO1. The molecule has 4 N–H and O–H groups in total. The summed E-state index contributed by atoms with van der Waals surface area (Å²) in [4.78, 5) is 12.2. The van der Waals surface area contributed by atoms with Crippen LogP contribution in [0.25, 0.3) is 0 Å². The predicted molar refractivity (Wildman–Crippen MR) is 79.8 cm³/mol. The second-order valence-electron chi connectivity index (χ2n) is 4.61. The number of ether oxygens (including phenoxy) is 3. The first-order valence-electron chi connectivity index (χ1n) is 6.89. The summed E-state index contributed by atoms with van der Waals surface area (Å²) in [7, 11) is 0. The van der Waals surface area contributed by atoms with Crippen LogP contribution in [0.4, 0.5) is 0 Å². The molecule has 0 aromatic heterocycles. The van der Waals surface area contributed by atoms with Gasteiger partial charge in [0, 0.05) is 18.7 Å². The highest BCUT2D eigenvalue weighted by Crippen LogP contribution is 2.15. The molecule has 0 radical (unpaired) electrons. The molecule has 1 amide bonds. The summed E-state index contributed by atoms with van der Waals surface area (Å²) >= 11 is 0. The molecule has 0 aliphatic carbocycles. The Kier molecular flexibility index (Phi) is 5.37. The van der Waals surface area contributed by atoms with Gasteiger partial charge in [-0.25, -0.2) is 0 Å². The van der Waals surface area contributed by atoms with Gasteiger partial charge in [0.25, 0.3) is 5.91 Å². The Morgan fingerprint density at radius 3 is 2.73 bits per heavy atom. The average Bonchev–Trinajstić information content (AvgIpc) is 3.04. The summed E-state index contributed by atoms with van der Waals surface area (Å²) in [6, 6.07) is 7.09. The van der Waals surface area contributed by atoms with Crippen molar-refractivity contribution >= 4 is 11.7 Å². The molecule has 0 saturated carbocycles. The second-order valence-corrected chi connectivity index (χ2v) is 4.61. The van der Waals surface area contributed by atoms with Crippen molar-refractivity contribution in [3.63, 3.8) is 0 Å². The number of benzene rings is 1. The molecule has 1 heterocycles. The molecule has 1 unspecified atom stereocenters. The molecule has 7 nitrogen and oxygen atoms in total. The normalized spacial score (nSPS) is 14.5. The number of rotatable bonds is 7. The first-order chi connectivity index (χ1) is 10.6. The molecule has 0 saturated heterocycles. The van der Waals surface area contributed by atoms with Gasteiger partial charge in [-0.05, 0) is 12.5 Å². The third-order valence-corrected chi connectivity index (χ3v) is 3.05. The largest absolute Gasteiger partial charge is 0.461 e. The van der Waals surface area contributed by atoms with E-state index >= 15 is 0 Å². The Hall–Kier alpha value is -2.54. The summed E-state index contributed by atoms with van der Waals surface area (Å²) in [5, 5.41) is 10.1. The summed E-state index contributed by atoms with van der Waals surface area (Å²) in [6.45, 7) is 2.62. The Morgan fingerprint density at radius 1 is 1.45 bits per heavy atom. The number of hydrogen-bond donors (Lipinski definition) is 3. The molecule has 2 rings (SSSR count). The monoisotopic (exact) mass is 305 g/mol. The molecule has 118 valence electrons. The molecule has 0 spiro atoms. The first-order valence-corrected chi connectivity index (χ1v) is 6.89. The zero-order chi connectivity index (χ0) is 15.9. The van der Waals surface area contributed by atoms with Gasteiger partial charge in [0.2, 0.25) is 6.79 Å². The van der Waals surface area contributed by atoms with E-state index in [1.807, 2.05) is 0 Å². The molecule has 1 aromatic rings. The molecule has 22 heavy (non-hydrogen) atoms. The van der Waals surface area contributed by atoms with Gasteiger partial charge in [0.1, 0.15) is 12.1 Å². The molecular formula is C15H19N3O4. The van der Waals surface area contributed by atoms with Crippen LogP contribution >= 0.6 is 0 Å². The van der Waals surface area contributed by atoms with Gasteiger partial charge in [-0.3, -0.25) is 10.2 Å². The highest BCUT2D eigenvalue weighted by Gasteiger charge is 2.27. The van der Waals surface area contributed by atoms with E-state index in [1.54, 1.807) is 31.2 Å². The topological polar surface area (TPSA) is 107 Å². The van der Waals surface area contributed by atoms with E-state index in [2.05, 4.69) is 5.32 Å². The van der Waals surface area contributed by atoms with Gasteiger partial charge in [0.05, 0.1) is 0 Å². The number of amidine groups is 1. The van der Waals surface area contributed by atoms with Crippen molar-refractivity contribution < 1.29 is 19.0 Å². The average molecular weight is 305 g/mol. The minimum Gasteiger partial charge on any atom is -0.461 e. The van der Waals surface area contributed by atoms with Crippen molar-refractivity contribution in [3.8, 4) is 0 Å². The maximum absolute atomic E-state index is 12.2. The Bertz CT molecular complexity index is 569. The third kappa shape index (κ3) is 3.98. The van der Waals surface area contributed by atoms with Crippen molar-refractivity contribution in [2.45, 2.75) is 19.6 Å². The smallest absolute Gasteiger partial charge is 0.257 e. The first kappa shape index (κ1) is 15.8. The van der Waals surface area contributed by atoms with Crippen molar-refractivity contribution in [2.24, 2.45) is 5.73 Å². The van der Waals surface area contributed by atoms with E-state index in [1.165, 1.54) is 6.26 Å². The molecule has 1 atom stereocenters. The molecule has 1 aliphatic rings. The fraction of sp³-hybridized carbons (Fsp3) is 0.333. The summed E-state index contributed by atoms with van der Waals surface area (Å²) in [5.74, 6) is 0.0813. The van der Waals surface area contributed by atoms with Crippen LogP contribution in [0.15, 0.2) is 36.3 Å². The lowest BCUT2D eigenvalue weighted by Gasteiger charge is -2.16. The van der Waals surface area contributed by atoms with E-state index in [-0.39, 0.29) is 18.5 Å². The third-order valence-electron chi connectivity index (χ3n) is 3.05. The number of nitrogens with two attached hydrogens (primary N) is 1. The quantitative estimate of drug-likeness (QED) is 0.511. The van der Waals surface area contributed by atoms with Crippen LogP contribution in [0.1, 0.15) is 18.1 Å². The van der Waals surface area contributed by atoms with Crippen LogP contribution in [0.3, 0.4) is 0 Å². The Morgan fingerprint density at radius 2 is 2.18 bits per heavy atom. The van der Waals surface area contributed by atoms with E-state index in [4.69, 9.17) is 25.4 Å². The fourth-order valence-electron chi connectivity index (χ4n) is 1.93. The van der Waals surface area contributed by atoms with Crippen molar-refractivity contribution in [3.05, 3.63) is 47.4 Å². The summed E-state index contributed by atoms with van der Waals surface area (Å²) < 4.78 is 15.6. The minimum absolute atomic E-state index is 0.0114. The summed E-state index contributed by atoms with van der Waals surface area (Å²) in [5.41, 5.74) is 6.93. The van der Waals surface area contributed by atoms with E-state index in [9.17, 15) is 4.79 Å². The van der Waals surface area contributed by atoms with Crippen molar-refractivity contribution in [1.29, 1.82) is 5.41 Å². The van der Waals surface area contributed by atoms with Gasteiger partial charge in [-0.2, -0.15) is 0 Å². The summed E-state index contributed by atoms with van der Waals surface area (Å²) in [6.07, 6.45) is 0.575. The van der Waals surface area contributed by atoms with Crippen LogP contribution < -0.4 is 11.1 Å². The van der Waals surface area contributed by atoms with Gasteiger partial charge in [-0.15, -0.1) is 0 Å².